The third-order valence-electron chi connectivity index (χ3n) is 5.50. The molecule has 0 spiro atoms. The van der Waals surface area contributed by atoms with Gasteiger partial charge < -0.3 is 10.4 Å². The second kappa shape index (κ2) is 9.21. The largest absolute Gasteiger partial charge is 0.506 e. The number of aromatic hydroxyl groups is 1. The Balaban J connectivity index is 1.83. The van der Waals surface area contributed by atoms with E-state index >= 15 is 0 Å². The summed E-state index contributed by atoms with van der Waals surface area (Å²) in [5, 5.41) is 12.7. The summed E-state index contributed by atoms with van der Waals surface area (Å²) in [6, 6.07) is 2.88. The summed E-state index contributed by atoms with van der Waals surface area (Å²) in [4.78, 5) is 12.9. The topological polar surface area (TPSA) is 124 Å². The average molecular weight is 460 g/mol. The first-order valence-electron chi connectivity index (χ1n) is 10.3. The van der Waals surface area contributed by atoms with E-state index in [2.05, 4.69) is 5.32 Å². The number of phenols is 1. The van der Waals surface area contributed by atoms with Crippen molar-refractivity contribution in [2.24, 2.45) is 0 Å². The minimum absolute atomic E-state index is 0.0170. The fourth-order valence-corrected chi connectivity index (χ4v) is 7.23. The lowest BCUT2D eigenvalue weighted by atomic mass is 10.0. The number of sulfonamides is 2. The van der Waals surface area contributed by atoms with E-state index in [0.717, 1.165) is 12.8 Å². The Hall–Kier alpha value is -1.69. The van der Waals surface area contributed by atoms with Crippen LogP contribution in [0.2, 0.25) is 0 Å². The predicted molar refractivity (Wildman–Crippen MR) is 113 cm³/mol. The van der Waals surface area contributed by atoms with E-state index < -0.39 is 32.0 Å². The van der Waals surface area contributed by atoms with Crippen LogP contribution in [0.3, 0.4) is 0 Å². The van der Waals surface area contributed by atoms with E-state index in [4.69, 9.17) is 0 Å². The third kappa shape index (κ3) is 4.79. The molecule has 0 aromatic heterocycles. The Labute approximate surface area is 178 Å². The zero-order valence-corrected chi connectivity index (χ0v) is 18.7. The molecule has 0 aliphatic carbocycles. The fourth-order valence-electron chi connectivity index (χ4n) is 3.94. The van der Waals surface area contributed by atoms with Gasteiger partial charge in [0.2, 0.25) is 26.0 Å². The van der Waals surface area contributed by atoms with Crippen molar-refractivity contribution in [1.82, 2.24) is 8.61 Å². The number of carbonyl (C=O) groups is 1. The summed E-state index contributed by atoms with van der Waals surface area (Å²) in [6.07, 6.45) is 3.81. The molecular weight excluding hydrogens is 430 g/mol. The van der Waals surface area contributed by atoms with Crippen LogP contribution in [0.1, 0.15) is 45.4 Å². The molecule has 9 nitrogen and oxygen atoms in total. The molecule has 168 valence electrons. The number of nitrogens with one attached hydrogen (secondary N) is 1. The molecule has 3 rings (SSSR count). The molecule has 0 radical (unpaired) electrons. The molecule has 2 heterocycles. The van der Waals surface area contributed by atoms with Gasteiger partial charge in [0.1, 0.15) is 11.8 Å². The maximum Gasteiger partial charge on any atom is 0.243 e. The number of nitrogens with zero attached hydrogens (tertiary/aromatic N) is 2. The SMILES string of the molecule is CCCS(=O)(=O)N1CCCCC1C(=O)Nc1cc(S(=O)(=O)N2CCCC2)ccc1O. The minimum Gasteiger partial charge on any atom is -0.506 e. The molecule has 1 aromatic carbocycles. The van der Waals surface area contributed by atoms with Crippen LogP contribution in [0.15, 0.2) is 23.1 Å². The normalized spacial score (nSPS) is 21.6. The number of hydrogen-bond acceptors (Lipinski definition) is 6. The molecule has 11 heteroatoms. The molecule has 30 heavy (non-hydrogen) atoms. The van der Waals surface area contributed by atoms with Crippen molar-refractivity contribution >= 4 is 31.6 Å². The average Bonchev–Trinajstić information content (AvgIpc) is 3.25. The van der Waals surface area contributed by atoms with Gasteiger partial charge in [-0.25, -0.2) is 16.8 Å². The lowest BCUT2D eigenvalue weighted by Crippen LogP contribution is -2.50. The monoisotopic (exact) mass is 459 g/mol. The van der Waals surface area contributed by atoms with Gasteiger partial charge in [0.25, 0.3) is 0 Å². The molecule has 2 fully saturated rings. The number of phenolic OH excluding ortho intramolecular Hbond substituents is 1. The van der Waals surface area contributed by atoms with Crippen molar-refractivity contribution < 1.29 is 26.7 Å². The van der Waals surface area contributed by atoms with E-state index in [-0.39, 0.29) is 28.6 Å². The van der Waals surface area contributed by atoms with Gasteiger partial charge in [0.05, 0.1) is 16.3 Å². The van der Waals surface area contributed by atoms with Crippen LogP contribution in [0.5, 0.6) is 5.75 Å². The van der Waals surface area contributed by atoms with Crippen molar-refractivity contribution in [3.63, 3.8) is 0 Å². The Morgan fingerprint density at radius 1 is 1.10 bits per heavy atom. The summed E-state index contributed by atoms with van der Waals surface area (Å²) in [6.45, 7) is 2.92. The highest BCUT2D eigenvalue weighted by atomic mass is 32.2. The zero-order chi connectivity index (χ0) is 21.9. The summed E-state index contributed by atoms with van der Waals surface area (Å²) in [7, 11) is -7.28. The van der Waals surface area contributed by atoms with E-state index in [0.29, 0.717) is 38.8 Å². The van der Waals surface area contributed by atoms with E-state index in [9.17, 15) is 26.7 Å². The number of anilines is 1. The van der Waals surface area contributed by atoms with Crippen LogP contribution in [0, 0.1) is 0 Å². The van der Waals surface area contributed by atoms with Crippen molar-refractivity contribution in [3.8, 4) is 5.75 Å². The Bertz CT molecular complexity index is 988. The Morgan fingerprint density at radius 2 is 1.77 bits per heavy atom. The summed E-state index contributed by atoms with van der Waals surface area (Å²) in [5.41, 5.74) is -0.0429. The summed E-state index contributed by atoms with van der Waals surface area (Å²) in [5.74, 6) is -0.881. The van der Waals surface area contributed by atoms with E-state index in [1.165, 1.54) is 26.8 Å². The van der Waals surface area contributed by atoms with Crippen LogP contribution in [-0.4, -0.2) is 67.9 Å². The van der Waals surface area contributed by atoms with E-state index in [1.54, 1.807) is 6.92 Å². The molecule has 1 amide bonds. The van der Waals surface area contributed by atoms with Gasteiger partial charge in [-0.15, -0.1) is 0 Å². The van der Waals surface area contributed by atoms with Gasteiger partial charge in [-0.3, -0.25) is 4.79 Å². The fraction of sp³-hybridized carbons (Fsp3) is 0.632. The van der Waals surface area contributed by atoms with Crippen LogP contribution in [0.25, 0.3) is 0 Å². The first kappa shape index (κ1) is 23.0. The number of carbonyl (C=O) groups excluding carboxylic acids is 1. The quantitative estimate of drug-likeness (QED) is 0.598. The molecule has 1 unspecified atom stereocenters. The molecule has 2 saturated heterocycles. The smallest absolute Gasteiger partial charge is 0.243 e. The van der Waals surface area contributed by atoms with Crippen molar-refractivity contribution in [3.05, 3.63) is 18.2 Å². The second-order valence-electron chi connectivity index (χ2n) is 7.72. The highest BCUT2D eigenvalue weighted by Crippen LogP contribution is 2.30. The first-order chi connectivity index (χ1) is 14.2. The molecular formula is C19H29N3O6S2. The highest BCUT2D eigenvalue weighted by Gasteiger charge is 2.36. The van der Waals surface area contributed by atoms with Gasteiger partial charge in [-0.2, -0.15) is 8.61 Å². The standard InChI is InChI=1S/C19H29N3O6S2/c1-2-13-29(25,26)22-12-4-3-7-17(22)19(24)20-16-14-15(8-9-18(16)23)30(27,28)21-10-5-6-11-21/h8-9,14,17,23H,2-7,10-13H2,1H3,(H,20,24). The maximum absolute atomic E-state index is 12.9. The lowest BCUT2D eigenvalue weighted by molar-refractivity contribution is -0.120. The maximum atomic E-state index is 12.9. The van der Waals surface area contributed by atoms with E-state index in [1.807, 2.05) is 0 Å². The molecule has 2 aliphatic heterocycles. The molecule has 1 atom stereocenters. The van der Waals surface area contributed by atoms with Gasteiger partial charge >= 0.3 is 0 Å². The first-order valence-corrected chi connectivity index (χ1v) is 13.4. The number of amides is 1. The van der Waals surface area contributed by atoms with Gasteiger partial charge in [-0.1, -0.05) is 13.3 Å². The Kier molecular flexibility index (Phi) is 7.05. The second-order valence-corrected chi connectivity index (χ2v) is 11.7. The third-order valence-corrected chi connectivity index (χ3v) is 9.47. The predicted octanol–water partition coefficient (Wildman–Crippen LogP) is 1.71. The van der Waals surface area contributed by atoms with Crippen LogP contribution in [0.4, 0.5) is 5.69 Å². The molecule has 2 aliphatic rings. The van der Waals surface area contributed by atoms with Gasteiger partial charge in [0.15, 0.2) is 0 Å². The molecule has 1 aromatic rings. The number of hydrogen-bond donors (Lipinski definition) is 2. The number of benzene rings is 1. The van der Waals surface area contributed by atoms with Gasteiger partial charge in [-0.05, 0) is 50.3 Å². The molecule has 0 saturated carbocycles. The molecule has 2 N–H and O–H groups in total. The highest BCUT2D eigenvalue weighted by molar-refractivity contribution is 7.89. The lowest BCUT2D eigenvalue weighted by Gasteiger charge is -2.33. The van der Waals surface area contributed by atoms with Crippen molar-refractivity contribution in [1.29, 1.82) is 0 Å². The summed E-state index contributed by atoms with van der Waals surface area (Å²) < 4.78 is 53.3. The minimum atomic E-state index is -3.72. The Morgan fingerprint density at radius 3 is 2.43 bits per heavy atom. The van der Waals surface area contributed by atoms with Crippen LogP contribution < -0.4 is 5.32 Å². The number of piperidine rings is 1. The van der Waals surface area contributed by atoms with Crippen molar-refractivity contribution in [2.45, 2.75) is 56.4 Å². The molecule has 0 bridgehead atoms. The van der Waals surface area contributed by atoms with Crippen molar-refractivity contribution in [2.75, 3.05) is 30.7 Å². The number of rotatable bonds is 7. The zero-order valence-electron chi connectivity index (χ0n) is 17.1. The van der Waals surface area contributed by atoms with Crippen LogP contribution >= 0.6 is 0 Å². The van der Waals surface area contributed by atoms with Gasteiger partial charge in [0, 0.05) is 19.6 Å². The van der Waals surface area contributed by atoms with Crippen LogP contribution in [-0.2, 0) is 24.8 Å². The summed E-state index contributed by atoms with van der Waals surface area (Å²) >= 11 is 0.